The second kappa shape index (κ2) is 6.82. The van der Waals surface area contributed by atoms with Gasteiger partial charge in [0, 0.05) is 12.7 Å². The molecule has 2 aromatic heterocycles. The summed E-state index contributed by atoms with van der Waals surface area (Å²) in [7, 11) is 1.60. The van der Waals surface area contributed by atoms with Crippen LogP contribution < -0.4 is 0 Å². The van der Waals surface area contributed by atoms with Gasteiger partial charge in [-0.15, -0.1) is 0 Å². The highest BCUT2D eigenvalue weighted by atomic mass is 35.5. The van der Waals surface area contributed by atoms with E-state index in [0.29, 0.717) is 11.0 Å². The summed E-state index contributed by atoms with van der Waals surface area (Å²) in [6, 6.07) is 16.0. The van der Waals surface area contributed by atoms with E-state index in [0.717, 1.165) is 5.56 Å². The minimum Gasteiger partial charge on any atom is -0.355 e. The van der Waals surface area contributed by atoms with Crippen molar-refractivity contribution in [1.29, 1.82) is 0 Å². The molecule has 0 spiro atoms. The third-order valence-corrected chi connectivity index (χ3v) is 4.27. The van der Waals surface area contributed by atoms with Gasteiger partial charge in [0.1, 0.15) is 16.9 Å². The van der Waals surface area contributed by atoms with Crippen molar-refractivity contribution in [2.75, 3.05) is 7.11 Å². The quantitative estimate of drug-likeness (QED) is 0.498. The molecule has 0 aliphatic heterocycles. The first-order chi connectivity index (χ1) is 12.7. The fourth-order valence-electron chi connectivity index (χ4n) is 2.79. The molecule has 0 saturated carbocycles. The maximum atomic E-state index is 14.1. The van der Waals surface area contributed by atoms with Gasteiger partial charge in [-0.3, -0.25) is 0 Å². The number of nitrogens with zero attached hydrogens (tertiary/aromatic N) is 4. The predicted molar refractivity (Wildman–Crippen MR) is 97.3 cm³/mol. The van der Waals surface area contributed by atoms with Gasteiger partial charge in [-0.05, 0) is 12.1 Å². The number of ether oxygens (including phenoxy) is 1. The SMILES string of the molecule is COC(c1ccccc1)n1cc2nc(-c3ccccc3F)nc(Cl)c2n1. The van der Waals surface area contributed by atoms with E-state index in [2.05, 4.69) is 15.1 Å². The van der Waals surface area contributed by atoms with Crippen LogP contribution in [-0.2, 0) is 4.74 Å². The molecule has 0 saturated heterocycles. The lowest BCUT2D eigenvalue weighted by Gasteiger charge is -2.15. The Morgan fingerprint density at radius 3 is 2.50 bits per heavy atom. The van der Waals surface area contributed by atoms with Gasteiger partial charge in [0.25, 0.3) is 0 Å². The lowest BCUT2D eigenvalue weighted by Crippen LogP contribution is -2.13. The van der Waals surface area contributed by atoms with Crippen LogP contribution in [0.5, 0.6) is 0 Å². The van der Waals surface area contributed by atoms with Crippen molar-refractivity contribution in [2.24, 2.45) is 0 Å². The number of hydrogen-bond acceptors (Lipinski definition) is 4. The molecule has 1 atom stereocenters. The first-order valence-electron chi connectivity index (χ1n) is 7.92. The zero-order chi connectivity index (χ0) is 18.1. The largest absolute Gasteiger partial charge is 0.355 e. The number of rotatable bonds is 4. The average Bonchev–Trinajstić information content (AvgIpc) is 3.08. The summed E-state index contributed by atoms with van der Waals surface area (Å²) in [5.41, 5.74) is 2.17. The molecule has 2 heterocycles. The van der Waals surface area contributed by atoms with Crippen molar-refractivity contribution in [1.82, 2.24) is 19.7 Å². The lowest BCUT2D eigenvalue weighted by molar-refractivity contribution is 0.0687. The second-order valence-corrected chi connectivity index (χ2v) is 6.02. The van der Waals surface area contributed by atoms with E-state index in [1.165, 1.54) is 6.07 Å². The highest BCUT2D eigenvalue weighted by Crippen LogP contribution is 2.27. The Kier molecular flexibility index (Phi) is 4.36. The van der Waals surface area contributed by atoms with Gasteiger partial charge in [0.05, 0.1) is 11.8 Å². The van der Waals surface area contributed by atoms with Crippen LogP contribution in [0.2, 0.25) is 5.15 Å². The summed E-state index contributed by atoms with van der Waals surface area (Å²) in [5, 5.41) is 4.62. The van der Waals surface area contributed by atoms with Crippen LogP contribution in [0.25, 0.3) is 22.4 Å². The average molecular weight is 369 g/mol. The molecule has 7 heteroatoms. The lowest BCUT2D eigenvalue weighted by atomic mass is 10.2. The van der Waals surface area contributed by atoms with Crippen molar-refractivity contribution in [3.8, 4) is 11.4 Å². The van der Waals surface area contributed by atoms with Crippen molar-refractivity contribution in [3.63, 3.8) is 0 Å². The molecule has 5 nitrogen and oxygen atoms in total. The summed E-state index contributed by atoms with van der Waals surface area (Å²) in [5.74, 6) is -0.191. The zero-order valence-corrected chi connectivity index (χ0v) is 14.6. The van der Waals surface area contributed by atoms with E-state index in [-0.39, 0.29) is 16.5 Å². The van der Waals surface area contributed by atoms with Crippen molar-refractivity contribution < 1.29 is 9.13 Å². The molecule has 1 unspecified atom stereocenters. The highest BCUT2D eigenvalue weighted by Gasteiger charge is 2.18. The van der Waals surface area contributed by atoms with Gasteiger partial charge in [-0.2, -0.15) is 5.10 Å². The van der Waals surface area contributed by atoms with Crippen LogP contribution in [-0.4, -0.2) is 26.9 Å². The summed E-state index contributed by atoms with van der Waals surface area (Å²) in [6.45, 7) is 0. The van der Waals surface area contributed by atoms with Crippen LogP contribution in [0.4, 0.5) is 4.39 Å². The Bertz CT molecular complexity index is 1070. The van der Waals surface area contributed by atoms with E-state index in [1.54, 1.807) is 36.2 Å². The van der Waals surface area contributed by atoms with Crippen LogP contribution >= 0.6 is 11.6 Å². The van der Waals surface area contributed by atoms with Crippen LogP contribution in [0.3, 0.4) is 0 Å². The number of halogens is 2. The van der Waals surface area contributed by atoms with Crippen LogP contribution in [0, 0.1) is 5.82 Å². The molecule has 4 rings (SSSR count). The van der Waals surface area contributed by atoms with E-state index in [9.17, 15) is 4.39 Å². The van der Waals surface area contributed by atoms with Gasteiger partial charge in [-0.1, -0.05) is 54.1 Å². The molecule has 0 amide bonds. The Morgan fingerprint density at radius 1 is 1.04 bits per heavy atom. The summed E-state index contributed by atoms with van der Waals surface area (Å²) in [6.07, 6.45) is 1.28. The minimum atomic E-state index is -0.432. The molecular weight excluding hydrogens is 355 g/mol. The predicted octanol–water partition coefficient (Wildman–Crippen LogP) is 4.48. The molecule has 0 aliphatic carbocycles. The van der Waals surface area contributed by atoms with Gasteiger partial charge < -0.3 is 4.74 Å². The fraction of sp³-hybridized carbons (Fsp3) is 0.105. The van der Waals surface area contributed by atoms with Gasteiger partial charge in [0.15, 0.2) is 17.2 Å². The maximum Gasteiger partial charge on any atom is 0.175 e. The normalized spacial score (nSPS) is 12.4. The summed E-state index contributed by atoms with van der Waals surface area (Å²) in [4.78, 5) is 8.63. The monoisotopic (exact) mass is 368 g/mol. The van der Waals surface area contributed by atoms with Crippen LogP contribution in [0.15, 0.2) is 60.8 Å². The summed E-state index contributed by atoms with van der Waals surface area (Å²) >= 11 is 6.28. The number of fused-ring (bicyclic) bond motifs is 1. The highest BCUT2D eigenvalue weighted by molar-refractivity contribution is 6.33. The fourth-order valence-corrected chi connectivity index (χ4v) is 3.01. The molecule has 0 fully saturated rings. The zero-order valence-electron chi connectivity index (χ0n) is 13.8. The molecule has 0 bridgehead atoms. The van der Waals surface area contributed by atoms with Crippen LogP contribution in [0.1, 0.15) is 11.8 Å². The Morgan fingerprint density at radius 2 is 1.77 bits per heavy atom. The number of methoxy groups -OCH3 is 1. The topological polar surface area (TPSA) is 52.8 Å². The molecule has 4 aromatic rings. The Labute approximate surface area is 154 Å². The number of aromatic nitrogens is 4. The third-order valence-electron chi connectivity index (χ3n) is 4.00. The molecular formula is C19H14ClFN4O. The van der Waals surface area contributed by atoms with Crippen molar-refractivity contribution in [2.45, 2.75) is 6.23 Å². The van der Waals surface area contributed by atoms with E-state index in [4.69, 9.17) is 16.3 Å². The van der Waals surface area contributed by atoms with Gasteiger partial charge in [0.2, 0.25) is 0 Å². The second-order valence-electron chi connectivity index (χ2n) is 5.66. The van der Waals surface area contributed by atoms with Crippen molar-refractivity contribution in [3.05, 3.63) is 77.3 Å². The van der Waals surface area contributed by atoms with Gasteiger partial charge in [-0.25, -0.2) is 19.0 Å². The van der Waals surface area contributed by atoms with Crippen molar-refractivity contribution >= 4 is 22.6 Å². The Hall–Kier alpha value is -2.83. The Balaban J connectivity index is 1.83. The number of benzene rings is 2. The standard InChI is InChI=1S/C19H14ClFN4O/c1-26-19(12-7-3-2-4-8-12)25-11-15-16(24-25)17(20)23-18(22-15)13-9-5-6-10-14(13)21/h2-11,19H,1H3. The molecule has 26 heavy (non-hydrogen) atoms. The molecule has 0 aliphatic rings. The third kappa shape index (κ3) is 2.94. The van der Waals surface area contributed by atoms with E-state index < -0.39 is 12.0 Å². The minimum absolute atomic E-state index is 0.162. The van der Waals surface area contributed by atoms with Gasteiger partial charge >= 0.3 is 0 Å². The maximum absolute atomic E-state index is 14.1. The number of hydrogen-bond donors (Lipinski definition) is 0. The molecule has 2 aromatic carbocycles. The molecule has 0 N–H and O–H groups in total. The smallest absolute Gasteiger partial charge is 0.175 e. The van der Waals surface area contributed by atoms with E-state index in [1.807, 2.05) is 30.3 Å². The van der Waals surface area contributed by atoms with E-state index >= 15 is 0 Å². The first-order valence-corrected chi connectivity index (χ1v) is 8.30. The first kappa shape index (κ1) is 16.6. The molecule has 0 radical (unpaired) electrons. The summed E-state index contributed by atoms with van der Waals surface area (Å²) < 4.78 is 21.3. The molecule has 130 valence electrons.